The molecule has 1 saturated carbocycles. The molecular weight excluding hydrogens is 212 g/mol. The van der Waals surface area contributed by atoms with Crippen LogP contribution in [0.3, 0.4) is 0 Å². The van der Waals surface area contributed by atoms with E-state index < -0.39 is 0 Å². The minimum Gasteiger partial charge on any atom is -0.356 e. The summed E-state index contributed by atoms with van der Waals surface area (Å²) in [5.74, 6) is 1.61. The Bertz CT molecular complexity index is 257. The van der Waals surface area contributed by atoms with E-state index in [0.717, 1.165) is 12.5 Å². The van der Waals surface area contributed by atoms with Gasteiger partial charge in [-0.3, -0.25) is 4.79 Å². The molecule has 0 aromatic rings. The predicted octanol–water partition coefficient (Wildman–Crippen LogP) is 2.30. The van der Waals surface area contributed by atoms with Crippen LogP contribution < -0.4 is 11.1 Å². The second-order valence-electron chi connectivity index (χ2n) is 6.76. The summed E-state index contributed by atoms with van der Waals surface area (Å²) >= 11 is 0. The van der Waals surface area contributed by atoms with Gasteiger partial charge < -0.3 is 11.1 Å². The molecular formula is C14H28N2O. The Morgan fingerprint density at radius 2 is 2.06 bits per heavy atom. The first-order chi connectivity index (χ1) is 7.79. The lowest BCUT2D eigenvalue weighted by Gasteiger charge is -2.26. The molecule has 100 valence electrons. The van der Waals surface area contributed by atoms with E-state index in [1.165, 1.54) is 19.3 Å². The molecule has 0 aromatic carbocycles. The fourth-order valence-electron chi connectivity index (χ4n) is 2.35. The molecule has 3 unspecified atom stereocenters. The second kappa shape index (κ2) is 5.85. The molecule has 0 bridgehead atoms. The van der Waals surface area contributed by atoms with Gasteiger partial charge in [-0.1, -0.05) is 34.1 Å². The Labute approximate surface area is 106 Å². The van der Waals surface area contributed by atoms with Crippen molar-refractivity contribution < 1.29 is 4.79 Å². The first kappa shape index (κ1) is 14.5. The van der Waals surface area contributed by atoms with Gasteiger partial charge in [0.05, 0.1) is 0 Å². The van der Waals surface area contributed by atoms with Crippen LogP contribution in [0.25, 0.3) is 0 Å². The van der Waals surface area contributed by atoms with E-state index >= 15 is 0 Å². The molecule has 1 amide bonds. The first-order valence-electron chi connectivity index (χ1n) is 6.81. The van der Waals surface area contributed by atoms with Crippen LogP contribution in [0.15, 0.2) is 0 Å². The van der Waals surface area contributed by atoms with E-state index in [2.05, 4.69) is 33.0 Å². The van der Waals surface area contributed by atoms with Crippen molar-refractivity contribution in [3.63, 3.8) is 0 Å². The van der Waals surface area contributed by atoms with E-state index in [9.17, 15) is 4.79 Å². The van der Waals surface area contributed by atoms with Gasteiger partial charge in [-0.05, 0) is 30.1 Å². The summed E-state index contributed by atoms with van der Waals surface area (Å²) in [5.41, 5.74) is 6.00. The Hall–Kier alpha value is -0.570. The smallest absolute Gasteiger partial charge is 0.221 e. The van der Waals surface area contributed by atoms with Crippen LogP contribution in [-0.2, 0) is 4.79 Å². The van der Waals surface area contributed by atoms with Crippen molar-refractivity contribution in [2.24, 2.45) is 23.0 Å². The average molecular weight is 240 g/mol. The maximum Gasteiger partial charge on any atom is 0.221 e. The quantitative estimate of drug-likeness (QED) is 0.792. The topological polar surface area (TPSA) is 55.1 Å². The van der Waals surface area contributed by atoms with E-state index in [1.54, 1.807) is 0 Å². The lowest BCUT2D eigenvalue weighted by Crippen LogP contribution is -2.40. The lowest BCUT2D eigenvalue weighted by atomic mass is 9.85. The number of hydrogen-bond acceptors (Lipinski definition) is 2. The molecule has 0 spiro atoms. The highest BCUT2D eigenvalue weighted by atomic mass is 16.1. The van der Waals surface area contributed by atoms with Crippen LogP contribution in [-0.4, -0.2) is 18.5 Å². The number of amides is 1. The number of hydrogen-bond donors (Lipinski definition) is 2. The molecule has 1 rings (SSSR count). The Balaban J connectivity index is 2.21. The second-order valence-corrected chi connectivity index (χ2v) is 6.76. The van der Waals surface area contributed by atoms with Crippen LogP contribution >= 0.6 is 0 Å². The predicted molar refractivity (Wildman–Crippen MR) is 71.6 cm³/mol. The van der Waals surface area contributed by atoms with Crippen molar-refractivity contribution in [2.75, 3.05) is 6.54 Å². The van der Waals surface area contributed by atoms with Crippen molar-refractivity contribution in [3.05, 3.63) is 0 Å². The summed E-state index contributed by atoms with van der Waals surface area (Å²) < 4.78 is 0. The highest BCUT2D eigenvalue weighted by molar-refractivity contribution is 5.76. The largest absolute Gasteiger partial charge is 0.356 e. The molecule has 0 aromatic heterocycles. The Morgan fingerprint density at radius 1 is 1.41 bits per heavy atom. The maximum absolute atomic E-state index is 11.7. The number of nitrogens with one attached hydrogen (secondary N) is 1. The molecule has 17 heavy (non-hydrogen) atoms. The molecule has 3 atom stereocenters. The summed E-state index contributed by atoms with van der Waals surface area (Å²) in [4.78, 5) is 11.7. The molecule has 3 N–H and O–H groups in total. The lowest BCUT2D eigenvalue weighted by molar-refractivity contribution is -0.122. The highest BCUT2D eigenvalue weighted by Gasteiger charge is 2.25. The van der Waals surface area contributed by atoms with E-state index in [0.29, 0.717) is 12.3 Å². The molecule has 3 nitrogen and oxygen atoms in total. The average Bonchev–Trinajstić information content (AvgIpc) is 2.60. The zero-order chi connectivity index (χ0) is 13.1. The first-order valence-corrected chi connectivity index (χ1v) is 6.81. The number of nitrogens with two attached hydrogens (primary N) is 1. The van der Waals surface area contributed by atoms with Gasteiger partial charge in [0.15, 0.2) is 0 Å². The van der Waals surface area contributed by atoms with Crippen molar-refractivity contribution in [2.45, 2.75) is 59.4 Å². The third kappa shape index (κ3) is 5.07. The van der Waals surface area contributed by atoms with Crippen LogP contribution in [0.1, 0.15) is 53.4 Å². The van der Waals surface area contributed by atoms with E-state index in [-0.39, 0.29) is 17.4 Å². The van der Waals surface area contributed by atoms with Crippen molar-refractivity contribution in [3.8, 4) is 0 Å². The minimum atomic E-state index is -0.0648. The van der Waals surface area contributed by atoms with Gasteiger partial charge in [0, 0.05) is 19.0 Å². The third-order valence-corrected chi connectivity index (χ3v) is 3.91. The summed E-state index contributed by atoms with van der Waals surface area (Å²) in [6.45, 7) is 9.34. The molecule has 1 aliphatic rings. The minimum absolute atomic E-state index is 0.000781. The number of carbonyl (C=O) groups excluding carboxylic acids is 1. The monoisotopic (exact) mass is 240 g/mol. The standard InChI is InChI=1S/C14H28N2O/c1-10-5-6-11(7-10)9-16-13(17)8-12(15)14(2,3)4/h10-12H,5-9,15H2,1-4H3,(H,16,17). The third-order valence-electron chi connectivity index (χ3n) is 3.91. The van der Waals surface area contributed by atoms with Crippen LogP contribution in [0, 0.1) is 17.3 Å². The van der Waals surface area contributed by atoms with Crippen molar-refractivity contribution in [1.82, 2.24) is 5.32 Å². The number of carbonyl (C=O) groups is 1. The Kier molecular flexibility index (Phi) is 4.99. The molecule has 3 heteroatoms. The molecule has 1 fully saturated rings. The molecule has 1 aliphatic carbocycles. The fourth-order valence-corrected chi connectivity index (χ4v) is 2.35. The van der Waals surface area contributed by atoms with Gasteiger partial charge >= 0.3 is 0 Å². The van der Waals surface area contributed by atoms with Crippen LogP contribution in [0.4, 0.5) is 0 Å². The van der Waals surface area contributed by atoms with Crippen molar-refractivity contribution >= 4 is 5.91 Å². The molecule has 0 radical (unpaired) electrons. The molecule has 0 heterocycles. The summed E-state index contributed by atoms with van der Waals surface area (Å²) in [6.07, 6.45) is 4.26. The molecule has 0 saturated heterocycles. The van der Waals surface area contributed by atoms with E-state index in [1.807, 2.05) is 0 Å². The maximum atomic E-state index is 11.7. The summed E-state index contributed by atoms with van der Waals surface area (Å²) in [7, 11) is 0. The van der Waals surface area contributed by atoms with Gasteiger partial charge in [0.2, 0.25) is 5.91 Å². The SMILES string of the molecule is CC1CCC(CNC(=O)CC(N)C(C)(C)C)C1. The van der Waals surface area contributed by atoms with Crippen LogP contribution in [0.2, 0.25) is 0 Å². The van der Waals surface area contributed by atoms with E-state index in [4.69, 9.17) is 5.73 Å². The molecule has 0 aliphatic heterocycles. The zero-order valence-corrected chi connectivity index (χ0v) is 11.8. The Morgan fingerprint density at radius 3 is 2.53 bits per heavy atom. The fraction of sp³-hybridized carbons (Fsp3) is 0.929. The zero-order valence-electron chi connectivity index (χ0n) is 11.8. The number of rotatable bonds is 4. The van der Waals surface area contributed by atoms with Gasteiger partial charge in [0.25, 0.3) is 0 Å². The highest BCUT2D eigenvalue weighted by Crippen LogP contribution is 2.29. The van der Waals surface area contributed by atoms with Crippen molar-refractivity contribution in [1.29, 1.82) is 0 Å². The summed E-state index contributed by atoms with van der Waals surface area (Å²) in [5, 5.41) is 3.03. The van der Waals surface area contributed by atoms with Gasteiger partial charge in [0.1, 0.15) is 0 Å². The van der Waals surface area contributed by atoms with Gasteiger partial charge in [-0.25, -0.2) is 0 Å². The normalized spacial score (nSPS) is 26.9. The van der Waals surface area contributed by atoms with Gasteiger partial charge in [-0.15, -0.1) is 0 Å². The summed E-state index contributed by atoms with van der Waals surface area (Å²) in [6, 6.07) is -0.0648. The van der Waals surface area contributed by atoms with Crippen LogP contribution in [0.5, 0.6) is 0 Å². The van der Waals surface area contributed by atoms with Gasteiger partial charge in [-0.2, -0.15) is 0 Å².